The first kappa shape index (κ1) is 18.2. The summed E-state index contributed by atoms with van der Waals surface area (Å²) in [5, 5.41) is 3.41. The van der Waals surface area contributed by atoms with E-state index in [0.717, 1.165) is 60.8 Å². The van der Waals surface area contributed by atoms with Crippen LogP contribution in [0.3, 0.4) is 0 Å². The second-order valence-corrected chi connectivity index (χ2v) is 6.88. The van der Waals surface area contributed by atoms with Crippen molar-refractivity contribution in [2.75, 3.05) is 33.7 Å². The number of fused-ring (bicyclic) bond motifs is 3. The van der Waals surface area contributed by atoms with Crippen molar-refractivity contribution in [2.45, 2.75) is 12.8 Å². The summed E-state index contributed by atoms with van der Waals surface area (Å²) < 4.78 is 0. The Balaban J connectivity index is 2.06. The molecule has 2 heterocycles. The third-order valence-electron chi connectivity index (χ3n) is 4.85. The summed E-state index contributed by atoms with van der Waals surface area (Å²) >= 11 is 0. The van der Waals surface area contributed by atoms with Crippen molar-refractivity contribution in [3.63, 3.8) is 0 Å². The number of nitrogens with zero attached hydrogens (tertiary/aromatic N) is 3. The highest BCUT2D eigenvalue weighted by molar-refractivity contribution is 6.09. The second-order valence-electron chi connectivity index (χ2n) is 6.88. The molecule has 1 aromatic carbocycles. The zero-order valence-corrected chi connectivity index (χ0v) is 15.8. The Morgan fingerprint density at radius 1 is 1.23 bits per heavy atom. The maximum Gasteiger partial charge on any atom is 0.140 e. The van der Waals surface area contributed by atoms with Crippen molar-refractivity contribution in [1.82, 2.24) is 15.1 Å². The molecule has 0 aliphatic carbocycles. The minimum absolute atomic E-state index is 0.854. The van der Waals surface area contributed by atoms with Crippen molar-refractivity contribution in [3.05, 3.63) is 78.4 Å². The number of likely N-dealkylation sites (N-methyl/N-ethyl adjacent to an activating group) is 1. The molecule has 4 nitrogen and oxygen atoms in total. The largest absolute Gasteiger partial charge is 0.382 e. The molecule has 1 aromatic rings. The maximum absolute atomic E-state index is 4.87. The number of allylic oxidation sites excluding steroid dienone is 3. The van der Waals surface area contributed by atoms with E-state index in [4.69, 9.17) is 4.99 Å². The smallest absolute Gasteiger partial charge is 0.140 e. The van der Waals surface area contributed by atoms with Crippen LogP contribution in [0.4, 0.5) is 0 Å². The van der Waals surface area contributed by atoms with Crippen LogP contribution in [0.15, 0.2) is 72.3 Å². The van der Waals surface area contributed by atoms with Crippen LogP contribution in [0.5, 0.6) is 0 Å². The predicted molar refractivity (Wildman–Crippen MR) is 111 cm³/mol. The third kappa shape index (κ3) is 4.14. The van der Waals surface area contributed by atoms with E-state index in [1.165, 1.54) is 5.56 Å². The number of nitrogens with one attached hydrogen (secondary N) is 1. The lowest BCUT2D eigenvalue weighted by atomic mass is 10.00. The minimum atomic E-state index is 0.854. The monoisotopic (exact) mass is 348 g/mol. The quantitative estimate of drug-likeness (QED) is 0.844. The van der Waals surface area contributed by atoms with Gasteiger partial charge in [0.2, 0.25) is 0 Å². The van der Waals surface area contributed by atoms with Gasteiger partial charge in [-0.05, 0) is 43.6 Å². The van der Waals surface area contributed by atoms with E-state index in [1.54, 1.807) is 0 Å². The average molecular weight is 348 g/mol. The fraction of sp³-hybridized carbons (Fsp3) is 0.318. The number of hydrogen-bond donors (Lipinski definition) is 1. The number of benzene rings is 1. The van der Waals surface area contributed by atoms with Gasteiger partial charge in [0.15, 0.2) is 0 Å². The van der Waals surface area contributed by atoms with E-state index in [-0.39, 0.29) is 0 Å². The first-order valence-corrected chi connectivity index (χ1v) is 9.16. The molecular formula is C22H28N4. The van der Waals surface area contributed by atoms with Gasteiger partial charge in [0.1, 0.15) is 5.82 Å². The first-order chi connectivity index (χ1) is 12.6. The van der Waals surface area contributed by atoms with Crippen LogP contribution in [0, 0.1) is 0 Å². The van der Waals surface area contributed by atoms with Crippen LogP contribution < -0.4 is 5.32 Å². The van der Waals surface area contributed by atoms with Gasteiger partial charge in [0, 0.05) is 31.9 Å². The van der Waals surface area contributed by atoms with E-state index in [9.17, 15) is 0 Å². The highest BCUT2D eigenvalue weighted by Gasteiger charge is 2.16. The van der Waals surface area contributed by atoms with Gasteiger partial charge in [-0.1, -0.05) is 43.5 Å². The minimum Gasteiger partial charge on any atom is -0.382 e. The highest BCUT2D eigenvalue weighted by Crippen LogP contribution is 2.26. The summed E-state index contributed by atoms with van der Waals surface area (Å²) in [6.45, 7) is 11.1. The lowest BCUT2D eigenvalue weighted by Crippen LogP contribution is -2.31. The summed E-state index contributed by atoms with van der Waals surface area (Å²) in [4.78, 5) is 9.26. The number of aryl methyl sites for hydroxylation is 1. The zero-order chi connectivity index (χ0) is 18.5. The normalized spacial score (nSPS) is 22.2. The molecule has 0 saturated carbocycles. The van der Waals surface area contributed by atoms with Gasteiger partial charge in [-0.25, -0.2) is 4.99 Å². The SMILES string of the molecule is C=C/C1=C2/N=C(C=CN2C)C(=C)NCCN(C)CCCc2cccc1c2. The molecule has 4 bridgehead atoms. The summed E-state index contributed by atoms with van der Waals surface area (Å²) in [5.74, 6) is 0.893. The molecular weight excluding hydrogens is 320 g/mol. The average Bonchev–Trinajstić information content (AvgIpc) is 2.63. The van der Waals surface area contributed by atoms with Gasteiger partial charge in [-0.2, -0.15) is 0 Å². The molecule has 4 heteroatoms. The zero-order valence-electron chi connectivity index (χ0n) is 15.8. The van der Waals surface area contributed by atoms with Crippen LogP contribution in [-0.2, 0) is 6.42 Å². The Morgan fingerprint density at radius 3 is 2.88 bits per heavy atom. The van der Waals surface area contributed by atoms with Crippen molar-refractivity contribution in [3.8, 4) is 0 Å². The van der Waals surface area contributed by atoms with Crippen molar-refractivity contribution in [2.24, 2.45) is 4.99 Å². The van der Waals surface area contributed by atoms with Gasteiger partial charge in [0.25, 0.3) is 0 Å². The molecule has 0 atom stereocenters. The lowest BCUT2D eigenvalue weighted by Gasteiger charge is -2.24. The van der Waals surface area contributed by atoms with E-state index in [0.29, 0.717) is 0 Å². The Bertz CT molecular complexity index is 785. The maximum atomic E-state index is 4.87. The van der Waals surface area contributed by atoms with E-state index >= 15 is 0 Å². The van der Waals surface area contributed by atoms with Gasteiger partial charge in [-0.15, -0.1) is 0 Å². The van der Waals surface area contributed by atoms with Gasteiger partial charge in [-0.3, -0.25) is 0 Å². The molecule has 0 fully saturated rings. The molecule has 0 amide bonds. The summed E-state index contributed by atoms with van der Waals surface area (Å²) in [6, 6.07) is 8.72. The Labute approximate surface area is 156 Å². The van der Waals surface area contributed by atoms with Crippen molar-refractivity contribution >= 4 is 11.3 Å². The molecule has 1 N–H and O–H groups in total. The van der Waals surface area contributed by atoms with Gasteiger partial charge in [0.05, 0.1) is 11.4 Å². The lowest BCUT2D eigenvalue weighted by molar-refractivity contribution is 0.332. The molecule has 2 aliphatic rings. The molecule has 0 saturated heterocycles. The molecule has 0 spiro atoms. The van der Waals surface area contributed by atoms with Crippen LogP contribution in [-0.4, -0.2) is 49.2 Å². The molecule has 136 valence electrons. The first-order valence-electron chi connectivity index (χ1n) is 9.16. The van der Waals surface area contributed by atoms with Crippen LogP contribution in [0.2, 0.25) is 0 Å². The van der Waals surface area contributed by atoms with Crippen LogP contribution in [0.1, 0.15) is 17.5 Å². The summed E-state index contributed by atoms with van der Waals surface area (Å²) in [5.41, 5.74) is 5.26. The predicted octanol–water partition coefficient (Wildman–Crippen LogP) is 3.42. The topological polar surface area (TPSA) is 30.9 Å². The standard InChI is InChI=1S/C22H28N4/c1-5-20-19-10-6-8-18(16-19)9-7-13-25(3)15-12-23-17(2)21-11-14-26(4)22(20)24-21/h5-6,8,10-11,14,16,23H,1-2,7,9,12-13,15H2,3-4H3/b22-20+. The van der Waals surface area contributed by atoms with Crippen LogP contribution >= 0.6 is 0 Å². The molecule has 2 aliphatic heterocycles. The number of hydrogen-bond acceptors (Lipinski definition) is 4. The van der Waals surface area contributed by atoms with E-state index < -0.39 is 0 Å². The molecule has 3 rings (SSSR count). The second kappa shape index (κ2) is 8.19. The van der Waals surface area contributed by atoms with Crippen molar-refractivity contribution < 1.29 is 0 Å². The van der Waals surface area contributed by atoms with Crippen LogP contribution in [0.25, 0.3) is 5.57 Å². The molecule has 0 aromatic heterocycles. The third-order valence-corrected chi connectivity index (χ3v) is 4.85. The Hall–Kier alpha value is -2.59. The molecule has 26 heavy (non-hydrogen) atoms. The van der Waals surface area contributed by atoms with Gasteiger partial charge >= 0.3 is 0 Å². The summed E-state index contributed by atoms with van der Waals surface area (Å²) in [7, 11) is 4.18. The highest BCUT2D eigenvalue weighted by atomic mass is 15.2. The fourth-order valence-electron chi connectivity index (χ4n) is 3.29. The Morgan fingerprint density at radius 2 is 2.08 bits per heavy atom. The molecule has 0 unspecified atom stereocenters. The Kier molecular flexibility index (Phi) is 5.74. The number of aliphatic imine (C=N–C) groups is 1. The van der Waals surface area contributed by atoms with E-state index in [1.807, 2.05) is 30.3 Å². The summed E-state index contributed by atoms with van der Waals surface area (Å²) in [6.07, 6.45) is 8.14. The van der Waals surface area contributed by atoms with Crippen molar-refractivity contribution in [1.29, 1.82) is 0 Å². The van der Waals surface area contributed by atoms with E-state index in [2.05, 4.69) is 54.7 Å². The molecule has 0 radical (unpaired) electrons. The fourth-order valence-corrected chi connectivity index (χ4v) is 3.29. The van der Waals surface area contributed by atoms with Gasteiger partial charge < -0.3 is 15.1 Å². The number of rotatable bonds is 1.